The molecule has 178 valence electrons. The van der Waals surface area contributed by atoms with E-state index in [9.17, 15) is 14.7 Å². The molecule has 1 saturated carbocycles. The largest absolute Gasteiger partial charge is 0.478 e. The first-order chi connectivity index (χ1) is 16.5. The van der Waals surface area contributed by atoms with E-state index in [4.69, 9.17) is 0 Å². The van der Waals surface area contributed by atoms with Crippen LogP contribution >= 0.6 is 0 Å². The maximum Gasteiger partial charge on any atom is 0.336 e. The fourth-order valence-electron chi connectivity index (χ4n) is 4.77. The minimum Gasteiger partial charge on any atom is -0.478 e. The first-order valence-corrected chi connectivity index (χ1v) is 12.2. The highest BCUT2D eigenvalue weighted by Crippen LogP contribution is 2.28. The van der Waals surface area contributed by atoms with Crippen LogP contribution in [0.15, 0.2) is 42.6 Å². The number of nitrogens with zero attached hydrogens (tertiary/aromatic N) is 4. The van der Waals surface area contributed by atoms with E-state index in [2.05, 4.69) is 22.0 Å². The van der Waals surface area contributed by atoms with Gasteiger partial charge in [-0.05, 0) is 37.0 Å². The zero-order valence-electron chi connectivity index (χ0n) is 19.9. The summed E-state index contributed by atoms with van der Waals surface area (Å²) in [7, 11) is 0. The van der Waals surface area contributed by atoms with Gasteiger partial charge in [-0.25, -0.2) is 14.5 Å². The average Bonchev–Trinajstić information content (AvgIpc) is 3.28. The molecule has 1 fully saturated rings. The molecule has 0 bridgehead atoms. The summed E-state index contributed by atoms with van der Waals surface area (Å²) in [6, 6.07) is 10.5. The number of aromatic nitrogens is 4. The molecule has 34 heavy (non-hydrogen) atoms. The Balaban J connectivity index is 1.56. The fraction of sp³-hybridized carbons (Fsp3) is 0.444. The van der Waals surface area contributed by atoms with E-state index in [0.717, 1.165) is 37.1 Å². The number of ketones is 1. The fourth-order valence-corrected chi connectivity index (χ4v) is 4.77. The molecule has 0 spiro atoms. The number of hydrogen-bond donors (Lipinski definition) is 1. The first kappa shape index (κ1) is 23.8. The van der Waals surface area contributed by atoms with Crippen LogP contribution in [-0.4, -0.2) is 36.6 Å². The zero-order chi connectivity index (χ0) is 24.1. The quantitative estimate of drug-likeness (QED) is 0.408. The third kappa shape index (κ3) is 5.24. The highest BCUT2D eigenvalue weighted by molar-refractivity contribution is 5.95. The number of carbonyl (C=O) groups is 2. The summed E-state index contributed by atoms with van der Waals surface area (Å²) < 4.78 is 1.85. The van der Waals surface area contributed by atoms with Gasteiger partial charge in [0, 0.05) is 24.6 Å². The van der Waals surface area contributed by atoms with Crippen molar-refractivity contribution in [3.63, 3.8) is 0 Å². The lowest BCUT2D eigenvalue weighted by molar-refractivity contribution is 0.0697. The third-order valence-corrected chi connectivity index (χ3v) is 6.69. The highest BCUT2D eigenvalue weighted by Gasteiger charge is 2.24. The normalized spacial score (nSPS) is 15.2. The van der Waals surface area contributed by atoms with Crippen LogP contribution in [0.25, 0.3) is 11.3 Å². The van der Waals surface area contributed by atoms with Crippen molar-refractivity contribution < 1.29 is 14.7 Å². The van der Waals surface area contributed by atoms with Crippen LogP contribution in [0, 0.1) is 5.92 Å². The van der Waals surface area contributed by atoms with Crippen LogP contribution in [0.2, 0.25) is 0 Å². The lowest BCUT2D eigenvalue weighted by atomic mass is 9.86. The summed E-state index contributed by atoms with van der Waals surface area (Å²) in [5.74, 6) is 0.634. The molecule has 0 saturated heterocycles. The topological polar surface area (TPSA) is 98.0 Å². The number of hydrogen-bond acceptors (Lipinski definition) is 5. The van der Waals surface area contributed by atoms with Crippen molar-refractivity contribution in [2.45, 2.75) is 71.3 Å². The van der Waals surface area contributed by atoms with Crippen LogP contribution < -0.4 is 0 Å². The molecule has 2 aromatic heterocycles. The molecule has 1 unspecified atom stereocenters. The van der Waals surface area contributed by atoms with E-state index in [-0.39, 0.29) is 17.4 Å². The van der Waals surface area contributed by atoms with Crippen molar-refractivity contribution in [1.82, 2.24) is 19.7 Å². The Hall–Kier alpha value is -3.35. The Morgan fingerprint density at radius 2 is 1.88 bits per heavy atom. The Bertz CT molecular complexity index is 1150. The molecular weight excluding hydrogens is 428 g/mol. The van der Waals surface area contributed by atoms with Crippen LogP contribution in [0.1, 0.15) is 97.2 Å². The number of carbonyl (C=O) groups excluding carboxylic acids is 1. The molecule has 0 radical (unpaired) electrons. The van der Waals surface area contributed by atoms with Crippen molar-refractivity contribution in [3.05, 3.63) is 65.4 Å². The standard InChI is InChI=1S/C27H32N4O3/c1-3-9-25-29-26(24(32)16-19-10-5-4-6-11-19)30-31(25)18(2)20-14-15-23(28-17-20)21-12-7-8-13-22(21)27(33)34/h7-8,12-15,17-19H,3-6,9-11,16H2,1-2H3,(H,33,34). The van der Waals surface area contributed by atoms with Gasteiger partial charge in [0.2, 0.25) is 11.6 Å². The zero-order valence-corrected chi connectivity index (χ0v) is 19.9. The Morgan fingerprint density at radius 3 is 2.56 bits per heavy atom. The van der Waals surface area contributed by atoms with Gasteiger partial charge in [-0.2, -0.15) is 0 Å². The van der Waals surface area contributed by atoms with Crippen molar-refractivity contribution in [3.8, 4) is 11.3 Å². The minimum absolute atomic E-state index is 0.0361. The van der Waals surface area contributed by atoms with Crippen LogP contribution in [-0.2, 0) is 6.42 Å². The van der Waals surface area contributed by atoms with Crippen LogP contribution in [0.5, 0.6) is 0 Å². The van der Waals surface area contributed by atoms with Gasteiger partial charge >= 0.3 is 5.97 Å². The predicted molar refractivity (Wildman–Crippen MR) is 130 cm³/mol. The SMILES string of the molecule is CCCc1nc(C(=O)CC2CCCCC2)nn1C(C)c1ccc(-c2ccccc2C(=O)O)nc1. The minimum atomic E-state index is -0.980. The number of pyridine rings is 1. The van der Waals surface area contributed by atoms with E-state index < -0.39 is 5.97 Å². The van der Waals surface area contributed by atoms with E-state index in [1.165, 1.54) is 19.3 Å². The number of carboxylic acids is 1. The average molecular weight is 461 g/mol. The molecule has 7 nitrogen and oxygen atoms in total. The van der Waals surface area contributed by atoms with Crippen molar-refractivity contribution in [2.24, 2.45) is 5.92 Å². The van der Waals surface area contributed by atoms with Gasteiger partial charge in [-0.3, -0.25) is 9.78 Å². The molecule has 4 rings (SSSR count). The van der Waals surface area contributed by atoms with Gasteiger partial charge in [-0.1, -0.05) is 63.3 Å². The summed E-state index contributed by atoms with van der Waals surface area (Å²) in [6.45, 7) is 4.11. The third-order valence-electron chi connectivity index (χ3n) is 6.69. The molecule has 7 heteroatoms. The van der Waals surface area contributed by atoms with Gasteiger partial charge in [0.1, 0.15) is 5.82 Å². The summed E-state index contributed by atoms with van der Waals surface area (Å²) >= 11 is 0. The lowest BCUT2D eigenvalue weighted by Gasteiger charge is -2.19. The van der Waals surface area contributed by atoms with Crippen LogP contribution in [0.3, 0.4) is 0 Å². The maximum atomic E-state index is 12.9. The molecule has 2 heterocycles. The second-order valence-corrected chi connectivity index (χ2v) is 9.18. The number of aryl methyl sites for hydroxylation is 1. The van der Waals surface area contributed by atoms with E-state index in [0.29, 0.717) is 29.4 Å². The monoisotopic (exact) mass is 460 g/mol. The Labute approximate surface area is 200 Å². The highest BCUT2D eigenvalue weighted by atomic mass is 16.4. The van der Waals surface area contributed by atoms with Gasteiger partial charge in [0.15, 0.2) is 0 Å². The number of aromatic carboxylic acids is 1. The molecule has 1 N–H and O–H groups in total. The number of carboxylic acid groups (broad SMARTS) is 1. The summed E-state index contributed by atoms with van der Waals surface area (Å²) in [6.07, 6.45) is 9.85. The smallest absolute Gasteiger partial charge is 0.336 e. The summed E-state index contributed by atoms with van der Waals surface area (Å²) in [5.41, 5.74) is 2.32. The molecule has 1 aromatic carbocycles. The molecule has 3 aromatic rings. The van der Waals surface area contributed by atoms with Gasteiger partial charge in [0.25, 0.3) is 0 Å². The summed E-state index contributed by atoms with van der Waals surface area (Å²) in [4.78, 5) is 33.7. The predicted octanol–water partition coefficient (Wildman–Crippen LogP) is 5.75. The molecular formula is C27H32N4O3. The van der Waals surface area contributed by atoms with Crippen molar-refractivity contribution in [2.75, 3.05) is 0 Å². The first-order valence-electron chi connectivity index (χ1n) is 12.2. The maximum absolute atomic E-state index is 12.9. The van der Waals surface area contributed by atoms with E-state index in [1.54, 1.807) is 30.5 Å². The summed E-state index contributed by atoms with van der Waals surface area (Å²) in [5, 5.41) is 14.1. The Morgan fingerprint density at radius 1 is 1.12 bits per heavy atom. The van der Waals surface area contributed by atoms with Gasteiger partial charge in [0.05, 0.1) is 17.3 Å². The molecule has 0 aliphatic heterocycles. The second-order valence-electron chi connectivity index (χ2n) is 9.18. The van der Waals surface area contributed by atoms with Crippen LogP contribution in [0.4, 0.5) is 0 Å². The van der Waals surface area contributed by atoms with Crippen molar-refractivity contribution in [1.29, 1.82) is 0 Å². The Kier molecular flexibility index (Phi) is 7.50. The molecule has 1 aliphatic rings. The van der Waals surface area contributed by atoms with E-state index >= 15 is 0 Å². The number of benzene rings is 1. The van der Waals surface area contributed by atoms with Crippen molar-refractivity contribution >= 4 is 11.8 Å². The van der Waals surface area contributed by atoms with Gasteiger partial charge in [-0.15, -0.1) is 5.10 Å². The molecule has 1 aliphatic carbocycles. The second kappa shape index (κ2) is 10.7. The number of Topliss-reactive ketones (excluding diaryl/α,β-unsaturated/α-hetero) is 1. The lowest BCUT2D eigenvalue weighted by Crippen LogP contribution is -2.15. The van der Waals surface area contributed by atoms with Gasteiger partial charge < -0.3 is 5.11 Å². The molecule has 1 atom stereocenters. The van der Waals surface area contributed by atoms with E-state index in [1.807, 2.05) is 23.7 Å². The molecule has 0 amide bonds. The number of rotatable bonds is 9.